The summed E-state index contributed by atoms with van der Waals surface area (Å²) in [5.41, 5.74) is 5.35. The van der Waals surface area contributed by atoms with Gasteiger partial charge in [0, 0.05) is 64.0 Å². The molecule has 1 aliphatic rings. The number of ketones is 2. The highest BCUT2D eigenvalue weighted by molar-refractivity contribution is 7.14. The first-order valence-electron chi connectivity index (χ1n) is 11.3. The van der Waals surface area contributed by atoms with Crippen LogP contribution in [0.1, 0.15) is 31.8 Å². The lowest BCUT2D eigenvalue weighted by Gasteiger charge is -2.26. The first kappa shape index (κ1) is 21.8. The van der Waals surface area contributed by atoms with Crippen molar-refractivity contribution in [2.45, 2.75) is 0 Å². The van der Waals surface area contributed by atoms with E-state index in [1.807, 2.05) is 94.3 Å². The Morgan fingerprint density at radius 1 is 0.361 bits per heavy atom. The molecule has 1 aliphatic carbocycles. The third-order valence-electron chi connectivity index (χ3n) is 6.47. The molecule has 0 atom stereocenters. The van der Waals surface area contributed by atoms with Crippen LogP contribution in [-0.4, -0.2) is 11.6 Å². The summed E-state index contributed by atoms with van der Waals surface area (Å²) in [5, 5.41) is 8.02. The van der Waals surface area contributed by atoms with Crippen molar-refractivity contribution in [1.29, 1.82) is 0 Å². The molecule has 0 amide bonds. The third-order valence-corrected chi connectivity index (χ3v) is 10.1. The Labute approximate surface area is 223 Å². The predicted molar refractivity (Wildman–Crippen MR) is 153 cm³/mol. The van der Waals surface area contributed by atoms with Gasteiger partial charge < -0.3 is 0 Å². The van der Waals surface area contributed by atoms with Gasteiger partial charge in [-0.15, -0.1) is 45.3 Å². The van der Waals surface area contributed by atoms with Gasteiger partial charge in [-0.2, -0.15) is 0 Å². The highest BCUT2D eigenvalue weighted by Gasteiger charge is 2.38. The second kappa shape index (κ2) is 8.61. The Morgan fingerprint density at radius 2 is 0.611 bits per heavy atom. The van der Waals surface area contributed by atoms with Crippen LogP contribution >= 0.6 is 45.3 Å². The molecule has 172 valence electrons. The zero-order chi connectivity index (χ0) is 24.2. The molecule has 6 aromatic rings. The third kappa shape index (κ3) is 3.26. The lowest BCUT2D eigenvalue weighted by Crippen LogP contribution is -2.24. The Morgan fingerprint density at radius 3 is 0.806 bits per heavy atom. The van der Waals surface area contributed by atoms with Gasteiger partial charge in [0.2, 0.25) is 0 Å². The van der Waals surface area contributed by atoms with E-state index in [1.54, 1.807) is 45.3 Å². The monoisotopic (exact) mass is 536 g/mol. The largest absolute Gasteiger partial charge is 0.289 e. The minimum atomic E-state index is -0.0804. The maximum absolute atomic E-state index is 14.6. The number of hydrogen-bond acceptors (Lipinski definition) is 6. The van der Waals surface area contributed by atoms with Crippen molar-refractivity contribution in [1.82, 2.24) is 0 Å². The molecule has 0 unspecified atom stereocenters. The van der Waals surface area contributed by atoms with Crippen LogP contribution in [0, 0.1) is 0 Å². The number of rotatable bonds is 4. The van der Waals surface area contributed by atoms with Gasteiger partial charge >= 0.3 is 0 Å². The predicted octanol–water partition coefficient (Wildman–Crippen LogP) is 9.38. The fourth-order valence-corrected chi connectivity index (χ4v) is 7.98. The Kier molecular flexibility index (Phi) is 5.22. The van der Waals surface area contributed by atoms with E-state index in [0.29, 0.717) is 22.3 Å². The van der Waals surface area contributed by atoms with Gasteiger partial charge in [0.25, 0.3) is 0 Å². The molecular formula is C30H16O2S4. The molecule has 4 heterocycles. The smallest absolute Gasteiger partial charge is 0.195 e. The Bertz CT molecular complexity index is 1480. The van der Waals surface area contributed by atoms with Crippen LogP contribution in [0.4, 0.5) is 0 Å². The van der Waals surface area contributed by atoms with Crippen molar-refractivity contribution in [3.05, 3.63) is 117 Å². The first-order valence-corrected chi connectivity index (χ1v) is 14.8. The molecule has 6 heteroatoms. The molecule has 0 fully saturated rings. The molecule has 4 aromatic heterocycles. The fourth-order valence-electron chi connectivity index (χ4n) is 4.95. The molecule has 0 N–H and O–H groups in total. The van der Waals surface area contributed by atoms with Gasteiger partial charge in [0.05, 0.1) is 0 Å². The van der Waals surface area contributed by atoms with Crippen LogP contribution in [0.15, 0.2) is 94.3 Å². The quantitative estimate of drug-likeness (QED) is 0.225. The van der Waals surface area contributed by atoms with Gasteiger partial charge in [-0.05, 0) is 45.8 Å². The van der Waals surface area contributed by atoms with Crippen molar-refractivity contribution < 1.29 is 9.59 Å². The number of thiophene rings is 4. The van der Waals surface area contributed by atoms with Crippen LogP contribution in [0.25, 0.3) is 41.8 Å². The fraction of sp³-hybridized carbons (Fsp3) is 0. The second-order valence-corrected chi connectivity index (χ2v) is 12.2. The van der Waals surface area contributed by atoms with E-state index in [1.165, 1.54) is 0 Å². The topological polar surface area (TPSA) is 34.1 Å². The summed E-state index contributed by atoms with van der Waals surface area (Å²) in [6.07, 6.45) is 0. The summed E-state index contributed by atoms with van der Waals surface area (Å²) in [6, 6.07) is 24.0. The maximum Gasteiger partial charge on any atom is 0.195 e. The highest BCUT2D eigenvalue weighted by atomic mass is 32.1. The van der Waals surface area contributed by atoms with Crippen molar-refractivity contribution in [2.24, 2.45) is 0 Å². The van der Waals surface area contributed by atoms with Crippen LogP contribution < -0.4 is 0 Å². The number of benzene rings is 2. The molecule has 36 heavy (non-hydrogen) atoms. The van der Waals surface area contributed by atoms with E-state index in [0.717, 1.165) is 41.8 Å². The van der Waals surface area contributed by atoms with E-state index >= 15 is 0 Å². The maximum atomic E-state index is 14.6. The summed E-state index contributed by atoms with van der Waals surface area (Å²) in [5.74, 6) is -0.161. The zero-order valence-electron chi connectivity index (χ0n) is 18.7. The molecule has 2 nitrogen and oxygen atoms in total. The van der Waals surface area contributed by atoms with Crippen LogP contribution in [0.5, 0.6) is 0 Å². The van der Waals surface area contributed by atoms with Gasteiger partial charge in [-0.1, -0.05) is 48.5 Å². The average Bonchev–Trinajstić information content (AvgIpc) is 3.73. The average molecular weight is 537 g/mol. The van der Waals surface area contributed by atoms with Gasteiger partial charge in [0.15, 0.2) is 11.6 Å². The van der Waals surface area contributed by atoms with Crippen molar-refractivity contribution in [3.8, 4) is 41.8 Å². The van der Waals surface area contributed by atoms with E-state index in [4.69, 9.17) is 0 Å². The zero-order valence-corrected chi connectivity index (χ0v) is 22.0. The van der Waals surface area contributed by atoms with Gasteiger partial charge in [0.1, 0.15) is 0 Å². The van der Waals surface area contributed by atoms with Gasteiger partial charge in [-0.3, -0.25) is 9.59 Å². The molecule has 0 bridgehead atoms. The minimum Gasteiger partial charge on any atom is -0.289 e. The van der Waals surface area contributed by atoms with Crippen molar-refractivity contribution in [2.75, 3.05) is 0 Å². The van der Waals surface area contributed by atoms with Crippen LogP contribution in [-0.2, 0) is 0 Å². The summed E-state index contributed by atoms with van der Waals surface area (Å²) < 4.78 is 0. The summed E-state index contributed by atoms with van der Waals surface area (Å²) in [4.78, 5) is 33.1. The Hall–Kier alpha value is -3.42. The molecule has 0 aliphatic heterocycles. The van der Waals surface area contributed by atoms with E-state index in [-0.39, 0.29) is 11.6 Å². The number of carbonyl (C=O) groups excluding carboxylic acids is 2. The molecule has 2 aromatic carbocycles. The molecular weight excluding hydrogens is 521 g/mol. The first-order chi connectivity index (χ1) is 17.7. The van der Waals surface area contributed by atoms with E-state index in [2.05, 4.69) is 0 Å². The summed E-state index contributed by atoms with van der Waals surface area (Å²) in [6.45, 7) is 0. The van der Waals surface area contributed by atoms with Gasteiger partial charge in [-0.25, -0.2) is 0 Å². The van der Waals surface area contributed by atoms with E-state index in [9.17, 15) is 9.59 Å². The Balaban J connectivity index is 1.60. The normalized spacial score (nSPS) is 12.6. The number of fused-ring (bicyclic) bond motifs is 2. The van der Waals surface area contributed by atoms with Crippen LogP contribution in [0.3, 0.4) is 0 Å². The SMILES string of the molecule is O=C1c2c(-c3cccs3)ccc(-c3cccs3)c2C(=O)c2c(-c3cccs3)ccc(-c3cccs3)c21. The second-order valence-electron chi connectivity index (χ2n) is 8.39. The summed E-state index contributed by atoms with van der Waals surface area (Å²) >= 11 is 6.33. The molecule has 0 radical (unpaired) electrons. The molecule has 0 spiro atoms. The molecule has 7 rings (SSSR count). The van der Waals surface area contributed by atoms with E-state index < -0.39 is 0 Å². The lowest BCUT2D eigenvalue weighted by molar-refractivity contribution is 0.0981. The molecule has 0 saturated carbocycles. The molecule has 0 saturated heterocycles. The van der Waals surface area contributed by atoms with Crippen molar-refractivity contribution in [3.63, 3.8) is 0 Å². The van der Waals surface area contributed by atoms with Crippen molar-refractivity contribution >= 4 is 56.9 Å². The summed E-state index contributed by atoms with van der Waals surface area (Å²) in [7, 11) is 0. The van der Waals surface area contributed by atoms with Crippen LogP contribution in [0.2, 0.25) is 0 Å². The minimum absolute atomic E-state index is 0.0804. The lowest BCUT2D eigenvalue weighted by atomic mass is 9.75. The number of hydrogen-bond donors (Lipinski definition) is 0. The number of carbonyl (C=O) groups is 2. The highest BCUT2D eigenvalue weighted by Crippen LogP contribution is 2.47. The standard InChI is InChI=1S/C30H16O2S4/c31-29-25-17(21-5-1-13-33-21)9-10-18(22-6-2-14-34-22)26(25)30(32)28-20(24-8-4-16-36-24)12-11-19(27(28)29)23-7-3-15-35-23/h1-16H.